The number of ether oxygens (including phenoxy) is 2. The van der Waals surface area contributed by atoms with Crippen LogP contribution in [0.2, 0.25) is 0 Å². The summed E-state index contributed by atoms with van der Waals surface area (Å²) in [7, 11) is 1.21. The molecule has 1 amide bonds. The van der Waals surface area contributed by atoms with Gasteiger partial charge in [-0.05, 0) is 27.2 Å². The second-order valence-electron chi connectivity index (χ2n) is 4.65. The summed E-state index contributed by atoms with van der Waals surface area (Å²) in [6, 6.07) is -1.18. The van der Waals surface area contributed by atoms with Crippen LogP contribution in [0.1, 0.15) is 33.6 Å². The third-order valence-electron chi connectivity index (χ3n) is 1.85. The van der Waals surface area contributed by atoms with Gasteiger partial charge in [0.15, 0.2) is 0 Å². The maximum atomic E-state index is 11.4. The molecule has 0 aromatic heterocycles. The molecule has 0 heterocycles. The zero-order valence-electron chi connectivity index (χ0n) is 11.0. The van der Waals surface area contributed by atoms with Gasteiger partial charge in [-0.3, -0.25) is 4.79 Å². The molecular weight excluding hydrogens is 242 g/mol. The van der Waals surface area contributed by atoms with Gasteiger partial charge in [-0.25, -0.2) is 9.59 Å². The summed E-state index contributed by atoms with van der Waals surface area (Å²) in [4.78, 5) is 33.1. The molecule has 18 heavy (non-hydrogen) atoms. The van der Waals surface area contributed by atoms with Gasteiger partial charge in [0, 0.05) is 6.42 Å². The lowest BCUT2D eigenvalue weighted by molar-refractivity contribution is -0.142. The van der Waals surface area contributed by atoms with E-state index in [1.807, 2.05) is 0 Å². The van der Waals surface area contributed by atoms with Crippen molar-refractivity contribution in [3.63, 3.8) is 0 Å². The van der Waals surface area contributed by atoms with Crippen LogP contribution in [0.25, 0.3) is 0 Å². The number of amides is 1. The van der Waals surface area contributed by atoms with Gasteiger partial charge in [-0.1, -0.05) is 0 Å². The number of carbonyl (C=O) groups is 3. The van der Waals surface area contributed by atoms with Crippen LogP contribution in [0.15, 0.2) is 0 Å². The number of esters is 1. The molecule has 7 nitrogen and oxygen atoms in total. The molecular formula is C11H19NO6. The van der Waals surface area contributed by atoms with Gasteiger partial charge in [0.25, 0.3) is 0 Å². The normalized spacial score (nSPS) is 12.4. The van der Waals surface area contributed by atoms with Crippen LogP contribution < -0.4 is 5.32 Å². The Hall–Kier alpha value is -1.79. The fourth-order valence-electron chi connectivity index (χ4n) is 1.07. The van der Waals surface area contributed by atoms with E-state index >= 15 is 0 Å². The Bertz CT molecular complexity index is 320. The van der Waals surface area contributed by atoms with Gasteiger partial charge in [0.05, 0.1) is 7.11 Å². The molecule has 0 aliphatic rings. The van der Waals surface area contributed by atoms with Crippen molar-refractivity contribution in [1.29, 1.82) is 0 Å². The zero-order valence-corrected chi connectivity index (χ0v) is 11.0. The van der Waals surface area contributed by atoms with Crippen LogP contribution >= 0.6 is 0 Å². The lowest BCUT2D eigenvalue weighted by atomic mass is 10.1. The standard InChI is InChI=1S/C11H19NO6/c1-11(2,3)18-10(16)12-7(9(14)15)5-6-8(13)17-4/h7H,5-6H2,1-4H3,(H,12,16)(H,14,15). The largest absolute Gasteiger partial charge is 0.480 e. The predicted molar refractivity (Wildman–Crippen MR) is 62.0 cm³/mol. The average molecular weight is 261 g/mol. The number of nitrogens with one attached hydrogen (secondary N) is 1. The van der Waals surface area contributed by atoms with Gasteiger partial charge < -0.3 is 19.9 Å². The van der Waals surface area contributed by atoms with Crippen LogP contribution in [0.4, 0.5) is 4.79 Å². The van der Waals surface area contributed by atoms with Crippen molar-refractivity contribution in [2.24, 2.45) is 0 Å². The molecule has 2 N–H and O–H groups in total. The molecule has 0 saturated carbocycles. The molecule has 1 atom stereocenters. The summed E-state index contributed by atoms with van der Waals surface area (Å²) < 4.78 is 9.31. The number of carboxylic acid groups (broad SMARTS) is 1. The molecule has 0 aliphatic heterocycles. The minimum Gasteiger partial charge on any atom is -0.480 e. The third-order valence-corrected chi connectivity index (χ3v) is 1.85. The molecule has 0 aromatic rings. The highest BCUT2D eigenvalue weighted by Crippen LogP contribution is 2.08. The van der Waals surface area contributed by atoms with Gasteiger partial charge in [-0.2, -0.15) is 0 Å². The minimum atomic E-state index is -1.23. The highest BCUT2D eigenvalue weighted by atomic mass is 16.6. The van der Waals surface area contributed by atoms with E-state index in [1.54, 1.807) is 20.8 Å². The Morgan fingerprint density at radius 3 is 2.22 bits per heavy atom. The number of carboxylic acids is 1. The average Bonchev–Trinajstić information content (AvgIpc) is 2.20. The fourth-order valence-corrected chi connectivity index (χ4v) is 1.07. The molecule has 0 fully saturated rings. The number of hydrogen-bond acceptors (Lipinski definition) is 5. The van der Waals surface area contributed by atoms with E-state index in [-0.39, 0.29) is 12.8 Å². The molecule has 7 heteroatoms. The highest BCUT2D eigenvalue weighted by Gasteiger charge is 2.24. The third kappa shape index (κ3) is 7.48. The first-order valence-electron chi connectivity index (χ1n) is 5.45. The first-order chi connectivity index (χ1) is 8.15. The maximum Gasteiger partial charge on any atom is 0.408 e. The number of aliphatic carboxylic acids is 1. The fraction of sp³-hybridized carbons (Fsp3) is 0.727. The zero-order chi connectivity index (χ0) is 14.3. The lowest BCUT2D eigenvalue weighted by Crippen LogP contribution is -2.43. The monoisotopic (exact) mass is 261 g/mol. The van der Waals surface area contributed by atoms with E-state index < -0.39 is 29.7 Å². The predicted octanol–water partition coefficient (Wildman–Crippen LogP) is 0.917. The van der Waals surface area contributed by atoms with Crippen LogP contribution in [0, 0.1) is 0 Å². The van der Waals surface area contributed by atoms with Crippen LogP contribution in [0.5, 0.6) is 0 Å². The van der Waals surface area contributed by atoms with Crippen molar-refractivity contribution in [1.82, 2.24) is 5.32 Å². The van der Waals surface area contributed by atoms with Crippen molar-refractivity contribution in [2.45, 2.75) is 45.3 Å². The summed E-state index contributed by atoms with van der Waals surface area (Å²) in [5.74, 6) is -1.77. The van der Waals surface area contributed by atoms with Crippen LogP contribution in [-0.4, -0.2) is 41.9 Å². The van der Waals surface area contributed by atoms with E-state index in [2.05, 4.69) is 10.1 Å². The van der Waals surface area contributed by atoms with E-state index in [4.69, 9.17) is 9.84 Å². The molecule has 1 unspecified atom stereocenters. The molecule has 0 aliphatic carbocycles. The number of methoxy groups -OCH3 is 1. The first kappa shape index (κ1) is 16.2. The van der Waals surface area contributed by atoms with Crippen molar-refractivity contribution in [3.05, 3.63) is 0 Å². The van der Waals surface area contributed by atoms with Gasteiger partial charge >= 0.3 is 18.0 Å². The smallest absolute Gasteiger partial charge is 0.408 e. The Morgan fingerprint density at radius 2 is 1.83 bits per heavy atom. The summed E-state index contributed by atoms with van der Waals surface area (Å²) in [5.41, 5.74) is -0.713. The summed E-state index contributed by atoms with van der Waals surface area (Å²) in [6.07, 6.45) is -0.982. The second-order valence-corrected chi connectivity index (χ2v) is 4.65. The molecule has 0 radical (unpaired) electrons. The van der Waals surface area contributed by atoms with Crippen molar-refractivity contribution in [3.8, 4) is 0 Å². The number of carbonyl (C=O) groups excluding carboxylic acids is 2. The van der Waals surface area contributed by atoms with E-state index in [0.717, 1.165) is 0 Å². The Balaban J connectivity index is 4.32. The molecule has 0 saturated heterocycles. The van der Waals surface area contributed by atoms with Crippen molar-refractivity contribution >= 4 is 18.0 Å². The molecule has 104 valence electrons. The van der Waals surface area contributed by atoms with E-state index in [0.29, 0.717) is 0 Å². The molecule has 0 aromatic carbocycles. The van der Waals surface area contributed by atoms with E-state index in [9.17, 15) is 14.4 Å². The molecule has 0 bridgehead atoms. The number of hydrogen-bond donors (Lipinski definition) is 2. The molecule has 0 rings (SSSR count). The van der Waals surface area contributed by atoms with E-state index in [1.165, 1.54) is 7.11 Å². The topological polar surface area (TPSA) is 102 Å². The molecule has 0 spiro atoms. The minimum absolute atomic E-state index is 0.0543. The maximum absolute atomic E-state index is 11.4. The van der Waals surface area contributed by atoms with Gasteiger partial charge in [0.1, 0.15) is 11.6 Å². The lowest BCUT2D eigenvalue weighted by Gasteiger charge is -2.21. The van der Waals surface area contributed by atoms with Crippen molar-refractivity contribution in [2.75, 3.05) is 7.11 Å². The van der Waals surface area contributed by atoms with Crippen LogP contribution in [0.3, 0.4) is 0 Å². The summed E-state index contributed by atoms with van der Waals surface area (Å²) >= 11 is 0. The SMILES string of the molecule is COC(=O)CCC(NC(=O)OC(C)(C)C)C(=O)O. The highest BCUT2D eigenvalue weighted by molar-refractivity contribution is 5.80. The Kier molecular flexibility index (Phi) is 6.15. The van der Waals surface area contributed by atoms with Crippen molar-refractivity contribution < 1.29 is 29.0 Å². The number of rotatable bonds is 5. The first-order valence-corrected chi connectivity index (χ1v) is 5.45. The second kappa shape index (κ2) is 6.83. The Morgan fingerprint density at radius 1 is 1.28 bits per heavy atom. The van der Waals surface area contributed by atoms with Crippen LogP contribution in [-0.2, 0) is 19.1 Å². The number of alkyl carbamates (subject to hydrolysis) is 1. The summed E-state index contributed by atoms with van der Waals surface area (Å²) in [5, 5.41) is 11.1. The van der Waals surface area contributed by atoms with Gasteiger partial charge in [-0.15, -0.1) is 0 Å². The van der Waals surface area contributed by atoms with Gasteiger partial charge in [0.2, 0.25) is 0 Å². The summed E-state index contributed by atoms with van der Waals surface area (Å²) in [6.45, 7) is 4.99. The quantitative estimate of drug-likeness (QED) is 0.713. The Labute approximate surface area is 105 Å².